The third-order valence-corrected chi connectivity index (χ3v) is 2.67. The summed E-state index contributed by atoms with van der Waals surface area (Å²) in [5.74, 6) is -0.0212. The summed E-state index contributed by atoms with van der Waals surface area (Å²) in [6.07, 6.45) is 1.97. The molecule has 0 bridgehead atoms. The van der Waals surface area contributed by atoms with Crippen molar-refractivity contribution in [2.45, 2.75) is 12.5 Å². The van der Waals surface area contributed by atoms with E-state index >= 15 is 0 Å². The van der Waals surface area contributed by atoms with E-state index in [1.807, 2.05) is 13.2 Å². The summed E-state index contributed by atoms with van der Waals surface area (Å²) in [5, 5.41) is 7.60. The van der Waals surface area contributed by atoms with Crippen LogP contribution in [0.15, 0.2) is 6.20 Å². The number of rotatable bonds is 1. The Labute approximate surface area is 89.1 Å². The Morgan fingerprint density at radius 2 is 2.40 bits per heavy atom. The Kier molecular flexibility index (Phi) is 2.48. The van der Waals surface area contributed by atoms with Crippen molar-refractivity contribution in [3.63, 3.8) is 0 Å². The third-order valence-electron chi connectivity index (χ3n) is 2.67. The number of hydrogen-bond acceptors (Lipinski definition) is 3. The van der Waals surface area contributed by atoms with Crippen molar-refractivity contribution in [3.05, 3.63) is 17.5 Å². The van der Waals surface area contributed by atoms with E-state index in [1.54, 1.807) is 23.7 Å². The van der Waals surface area contributed by atoms with Gasteiger partial charge in [0.15, 0.2) is 0 Å². The maximum absolute atomic E-state index is 11.9. The van der Waals surface area contributed by atoms with E-state index in [4.69, 9.17) is 0 Å². The number of carbonyl (C=O) groups is 1. The molecule has 0 saturated carbocycles. The van der Waals surface area contributed by atoms with Crippen molar-refractivity contribution < 1.29 is 4.79 Å². The number of amides is 1. The SMILES string of the molecule is CN(C)C(=O)C1CNCc2cn(C)nc21. The summed E-state index contributed by atoms with van der Waals surface area (Å²) < 4.78 is 1.77. The van der Waals surface area contributed by atoms with E-state index < -0.39 is 0 Å². The van der Waals surface area contributed by atoms with Crippen molar-refractivity contribution in [2.24, 2.45) is 7.05 Å². The molecule has 0 aliphatic carbocycles. The van der Waals surface area contributed by atoms with Crippen LogP contribution in [0.5, 0.6) is 0 Å². The second-order valence-corrected chi connectivity index (χ2v) is 4.13. The first-order chi connectivity index (χ1) is 7.09. The van der Waals surface area contributed by atoms with Gasteiger partial charge in [-0.1, -0.05) is 0 Å². The molecule has 1 amide bonds. The molecule has 5 nitrogen and oxygen atoms in total. The van der Waals surface area contributed by atoms with Gasteiger partial charge in [-0.25, -0.2) is 0 Å². The predicted molar refractivity (Wildman–Crippen MR) is 56.3 cm³/mol. The van der Waals surface area contributed by atoms with E-state index in [-0.39, 0.29) is 11.8 Å². The first-order valence-electron chi connectivity index (χ1n) is 5.04. The van der Waals surface area contributed by atoms with Crippen molar-refractivity contribution >= 4 is 5.91 Å². The van der Waals surface area contributed by atoms with Crippen LogP contribution in [0.4, 0.5) is 0 Å². The van der Waals surface area contributed by atoms with E-state index in [0.717, 1.165) is 17.8 Å². The molecule has 15 heavy (non-hydrogen) atoms. The molecule has 0 aromatic carbocycles. The van der Waals surface area contributed by atoms with Gasteiger partial charge in [0.05, 0.1) is 11.6 Å². The van der Waals surface area contributed by atoms with Gasteiger partial charge in [0, 0.05) is 46.0 Å². The Bertz CT molecular complexity index is 383. The van der Waals surface area contributed by atoms with E-state index in [2.05, 4.69) is 10.4 Å². The molecule has 1 N–H and O–H groups in total. The van der Waals surface area contributed by atoms with E-state index in [1.165, 1.54) is 0 Å². The lowest BCUT2D eigenvalue weighted by Gasteiger charge is -2.24. The van der Waals surface area contributed by atoms with Crippen LogP contribution in [-0.2, 0) is 18.4 Å². The molecular weight excluding hydrogens is 192 g/mol. The van der Waals surface area contributed by atoms with Gasteiger partial charge < -0.3 is 10.2 Å². The lowest BCUT2D eigenvalue weighted by Crippen LogP contribution is -2.38. The lowest BCUT2D eigenvalue weighted by molar-refractivity contribution is -0.130. The summed E-state index contributed by atoms with van der Waals surface area (Å²) in [5.41, 5.74) is 2.05. The summed E-state index contributed by atoms with van der Waals surface area (Å²) in [6.45, 7) is 1.49. The second kappa shape index (κ2) is 3.66. The van der Waals surface area contributed by atoms with Crippen LogP contribution in [-0.4, -0.2) is 41.2 Å². The first kappa shape index (κ1) is 10.2. The van der Waals surface area contributed by atoms with E-state index in [9.17, 15) is 4.79 Å². The van der Waals surface area contributed by atoms with Crippen molar-refractivity contribution in [1.29, 1.82) is 0 Å². The average Bonchev–Trinajstić information content (AvgIpc) is 2.56. The largest absolute Gasteiger partial charge is 0.348 e. The zero-order chi connectivity index (χ0) is 11.0. The molecule has 1 aromatic heterocycles. The molecule has 1 atom stereocenters. The maximum Gasteiger partial charge on any atom is 0.232 e. The zero-order valence-corrected chi connectivity index (χ0v) is 9.32. The van der Waals surface area contributed by atoms with Gasteiger partial charge in [0.25, 0.3) is 0 Å². The molecular formula is C10H16N4O. The number of nitrogens with zero attached hydrogens (tertiary/aromatic N) is 3. The molecule has 1 aromatic rings. The van der Waals surface area contributed by atoms with Gasteiger partial charge in [0.1, 0.15) is 0 Å². The van der Waals surface area contributed by atoms with Crippen LogP contribution in [0.3, 0.4) is 0 Å². The number of nitrogens with one attached hydrogen (secondary N) is 1. The first-order valence-corrected chi connectivity index (χ1v) is 5.04. The van der Waals surface area contributed by atoms with Gasteiger partial charge in [-0.2, -0.15) is 5.10 Å². The number of likely N-dealkylation sites (N-methyl/N-ethyl adjacent to an activating group) is 1. The quantitative estimate of drug-likeness (QED) is 0.689. The Balaban J connectivity index is 2.33. The minimum atomic E-state index is -0.134. The summed E-state index contributed by atoms with van der Waals surface area (Å²) in [4.78, 5) is 13.5. The van der Waals surface area contributed by atoms with Crippen molar-refractivity contribution in [2.75, 3.05) is 20.6 Å². The van der Waals surface area contributed by atoms with Crippen LogP contribution in [0, 0.1) is 0 Å². The van der Waals surface area contributed by atoms with Crippen LogP contribution >= 0.6 is 0 Å². The average molecular weight is 208 g/mol. The monoisotopic (exact) mass is 208 g/mol. The number of fused-ring (bicyclic) bond motifs is 1. The highest BCUT2D eigenvalue weighted by atomic mass is 16.2. The van der Waals surface area contributed by atoms with Gasteiger partial charge in [-0.3, -0.25) is 9.48 Å². The van der Waals surface area contributed by atoms with Crippen molar-refractivity contribution in [1.82, 2.24) is 20.0 Å². The number of hydrogen-bond donors (Lipinski definition) is 1. The number of aromatic nitrogens is 2. The molecule has 1 aliphatic rings. The summed E-state index contributed by atoms with van der Waals surface area (Å²) in [6, 6.07) is 0. The fourth-order valence-electron chi connectivity index (χ4n) is 1.95. The zero-order valence-electron chi connectivity index (χ0n) is 9.32. The standard InChI is InChI=1S/C10H16N4O/c1-13(2)10(15)8-5-11-4-7-6-14(3)12-9(7)8/h6,8,11H,4-5H2,1-3H3. The smallest absolute Gasteiger partial charge is 0.232 e. The molecule has 5 heteroatoms. The Hall–Kier alpha value is -1.36. The second-order valence-electron chi connectivity index (χ2n) is 4.13. The Morgan fingerprint density at radius 1 is 1.67 bits per heavy atom. The van der Waals surface area contributed by atoms with Crippen LogP contribution in [0.2, 0.25) is 0 Å². The molecule has 2 heterocycles. The molecule has 82 valence electrons. The lowest BCUT2D eigenvalue weighted by atomic mass is 9.97. The number of aryl methyl sites for hydroxylation is 1. The highest BCUT2D eigenvalue weighted by Gasteiger charge is 2.30. The highest BCUT2D eigenvalue weighted by molar-refractivity contribution is 5.83. The number of carbonyl (C=O) groups excluding carboxylic acids is 1. The fourth-order valence-corrected chi connectivity index (χ4v) is 1.95. The van der Waals surface area contributed by atoms with Crippen LogP contribution in [0.25, 0.3) is 0 Å². The minimum Gasteiger partial charge on any atom is -0.348 e. The summed E-state index contributed by atoms with van der Waals surface area (Å²) >= 11 is 0. The molecule has 2 rings (SSSR count). The third kappa shape index (κ3) is 1.74. The molecule has 1 unspecified atom stereocenters. The van der Waals surface area contributed by atoms with Gasteiger partial charge in [-0.05, 0) is 0 Å². The van der Waals surface area contributed by atoms with Gasteiger partial charge in [-0.15, -0.1) is 0 Å². The normalized spacial score (nSPS) is 19.8. The van der Waals surface area contributed by atoms with Crippen LogP contribution < -0.4 is 5.32 Å². The van der Waals surface area contributed by atoms with Gasteiger partial charge >= 0.3 is 0 Å². The Morgan fingerprint density at radius 3 is 3.07 bits per heavy atom. The molecule has 0 fully saturated rings. The molecule has 0 saturated heterocycles. The predicted octanol–water partition coefficient (Wildman–Crippen LogP) is -0.305. The molecule has 0 radical (unpaired) electrons. The topological polar surface area (TPSA) is 50.2 Å². The fraction of sp³-hybridized carbons (Fsp3) is 0.600. The maximum atomic E-state index is 11.9. The van der Waals surface area contributed by atoms with E-state index in [0.29, 0.717) is 6.54 Å². The summed E-state index contributed by atoms with van der Waals surface area (Å²) in [7, 11) is 5.44. The van der Waals surface area contributed by atoms with Gasteiger partial charge in [0.2, 0.25) is 5.91 Å². The van der Waals surface area contributed by atoms with Crippen molar-refractivity contribution in [3.8, 4) is 0 Å². The van der Waals surface area contributed by atoms with Crippen LogP contribution in [0.1, 0.15) is 17.2 Å². The molecule has 0 spiro atoms. The highest BCUT2D eigenvalue weighted by Crippen LogP contribution is 2.23. The minimum absolute atomic E-state index is 0.113. The molecule has 1 aliphatic heterocycles.